The predicted octanol–water partition coefficient (Wildman–Crippen LogP) is 2.42. The summed E-state index contributed by atoms with van der Waals surface area (Å²) in [6.07, 6.45) is 7.47. The fraction of sp³-hybridized carbons (Fsp3) is 0.0714. The number of halogens is 1. The molecule has 0 bridgehead atoms. The highest BCUT2D eigenvalue weighted by molar-refractivity contribution is 7.92. The molecule has 118 valence electrons. The van der Waals surface area contributed by atoms with Gasteiger partial charge in [-0.05, 0) is 25.1 Å². The Labute approximate surface area is 138 Å². The van der Waals surface area contributed by atoms with E-state index in [1.54, 1.807) is 29.1 Å². The zero-order valence-electron chi connectivity index (χ0n) is 12.0. The average molecular weight is 350 g/mol. The van der Waals surface area contributed by atoms with Gasteiger partial charge in [0.25, 0.3) is 10.0 Å². The van der Waals surface area contributed by atoms with Crippen LogP contribution in [0.3, 0.4) is 0 Å². The topological polar surface area (TPSA) is 89.8 Å². The Morgan fingerprint density at radius 3 is 2.61 bits per heavy atom. The molecule has 0 aromatic carbocycles. The fourth-order valence-corrected chi connectivity index (χ4v) is 3.23. The highest BCUT2D eigenvalue weighted by Gasteiger charge is 2.15. The van der Waals surface area contributed by atoms with Gasteiger partial charge in [0.05, 0.1) is 16.9 Å². The van der Waals surface area contributed by atoms with E-state index in [4.69, 9.17) is 11.6 Å². The zero-order valence-corrected chi connectivity index (χ0v) is 13.6. The normalized spacial score (nSPS) is 11.4. The summed E-state index contributed by atoms with van der Waals surface area (Å²) in [7, 11) is -3.77. The molecule has 0 saturated carbocycles. The van der Waals surface area contributed by atoms with E-state index in [0.29, 0.717) is 11.5 Å². The molecule has 3 heterocycles. The maximum absolute atomic E-state index is 12.3. The van der Waals surface area contributed by atoms with E-state index in [1.807, 2.05) is 6.92 Å². The SMILES string of the molecule is Cc1nccn1-c1ccc(NS(=O)(=O)c2cncc(Cl)c2)cn1. The maximum atomic E-state index is 12.3. The molecular formula is C14H12ClN5O2S. The Morgan fingerprint density at radius 2 is 2.00 bits per heavy atom. The van der Waals surface area contributed by atoms with Gasteiger partial charge >= 0.3 is 0 Å². The van der Waals surface area contributed by atoms with Crippen LogP contribution in [-0.2, 0) is 10.0 Å². The number of sulfonamides is 1. The summed E-state index contributed by atoms with van der Waals surface area (Å²) in [6, 6.07) is 4.65. The Morgan fingerprint density at radius 1 is 1.17 bits per heavy atom. The number of anilines is 1. The molecule has 23 heavy (non-hydrogen) atoms. The van der Waals surface area contributed by atoms with Gasteiger partial charge in [0.15, 0.2) is 0 Å². The van der Waals surface area contributed by atoms with Crippen molar-refractivity contribution >= 4 is 27.3 Å². The largest absolute Gasteiger partial charge is 0.288 e. The van der Waals surface area contributed by atoms with E-state index in [-0.39, 0.29) is 9.92 Å². The van der Waals surface area contributed by atoms with E-state index < -0.39 is 10.0 Å². The van der Waals surface area contributed by atoms with Crippen LogP contribution < -0.4 is 4.72 Å². The summed E-state index contributed by atoms with van der Waals surface area (Å²) in [4.78, 5) is 12.1. The highest BCUT2D eigenvalue weighted by atomic mass is 35.5. The van der Waals surface area contributed by atoms with Crippen molar-refractivity contribution in [2.45, 2.75) is 11.8 Å². The quantitative estimate of drug-likeness (QED) is 0.781. The molecule has 0 spiro atoms. The van der Waals surface area contributed by atoms with Gasteiger partial charge in [-0.1, -0.05) is 11.6 Å². The van der Waals surface area contributed by atoms with Crippen molar-refractivity contribution in [2.24, 2.45) is 0 Å². The Kier molecular flexibility index (Phi) is 4.01. The number of aryl methyl sites for hydroxylation is 1. The summed E-state index contributed by atoms with van der Waals surface area (Å²) < 4.78 is 28.8. The van der Waals surface area contributed by atoms with Gasteiger partial charge in [-0.2, -0.15) is 0 Å². The van der Waals surface area contributed by atoms with Gasteiger partial charge in [-0.3, -0.25) is 14.3 Å². The van der Waals surface area contributed by atoms with Gasteiger partial charge < -0.3 is 0 Å². The molecule has 0 aliphatic rings. The van der Waals surface area contributed by atoms with Crippen LogP contribution in [0.15, 0.2) is 54.1 Å². The van der Waals surface area contributed by atoms with Gasteiger partial charge in [0.1, 0.15) is 16.5 Å². The average Bonchev–Trinajstić information content (AvgIpc) is 2.94. The summed E-state index contributed by atoms with van der Waals surface area (Å²) in [5.74, 6) is 1.43. The highest BCUT2D eigenvalue weighted by Crippen LogP contribution is 2.18. The number of imidazole rings is 1. The lowest BCUT2D eigenvalue weighted by Crippen LogP contribution is -2.13. The monoisotopic (exact) mass is 349 g/mol. The summed E-state index contributed by atoms with van der Waals surface area (Å²) in [5.41, 5.74) is 0.339. The minimum atomic E-state index is -3.77. The number of nitrogens with zero attached hydrogens (tertiary/aromatic N) is 4. The van der Waals surface area contributed by atoms with Gasteiger partial charge in [0.2, 0.25) is 0 Å². The lowest BCUT2D eigenvalue weighted by atomic mass is 10.4. The Bertz CT molecular complexity index is 938. The van der Waals surface area contributed by atoms with E-state index in [0.717, 1.165) is 5.82 Å². The van der Waals surface area contributed by atoms with Crippen molar-refractivity contribution in [3.63, 3.8) is 0 Å². The third kappa shape index (κ3) is 3.33. The standard InChI is InChI=1S/C14H12ClN5O2S/c1-10-17-4-5-20(10)14-3-2-12(8-18-14)19-23(21,22)13-6-11(15)7-16-9-13/h2-9,19H,1H3. The Balaban J connectivity index is 1.85. The molecule has 1 N–H and O–H groups in total. The molecule has 0 amide bonds. The molecule has 0 saturated heterocycles. The van der Waals surface area contributed by atoms with Crippen molar-refractivity contribution in [3.8, 4) is 5.82 Å². The first-order valence-electron chi connectivity index (χ1n) is 6.55. The van der Waals surface area contributed by atoms with Crippen LogP contribution in [0.1, 0.15) is 5.82 Å². The molecule has 0 aliphatic carbocycles. The van der Waals surface area contributed by atoms with Crippen molar-refractivity contribution in [1.82, 2.24) is 19.5 Å². The second-order valence-electron chi connectivity index (χ2n) is 4.69. The molecule has 0 aliphatic heterocycles. The number of rotatable bonds is 4. The predicted molar refractivity (Wildman–Crippen MR) is 86.2 cm³/mol. The van der Waals surface area contributed by atoms with Gasteiger partial charge in [-0.25, -0.2) is 18.4 Å². The smallest absolute Gasteiger partial charge is 0.263 e. The van der Waals surface area contributed by atoms with Crippen LogP contribution in [0.4, 0.5) is 5.69 Å². The van der Waals surface area contributed by atoms with Crippen LogP contribution in [0.25, 0.3) is 5.82 Å². The van der Waals surface area contributed by atoms with E-state index in [2.05, 4.69) is 19.7 Å². The second kappa shape index (κ2) is 5.98. The number of nitrogens with one attached hydrogen (secondary N) is 1. The van der Waals surface area contributed by atoms with E-state index in [1.165, 1.54) is 24.7 Å². The molecule has 0 radical (unpaired) electrons. The number of hydrogen-bond acceptors (Lipinski definition) is 5. The first kappa shape index (κ1) is 15.4. The zero-order chi connectivity index (χ0) is 16.4. The third-order valence-electron chi connectivity index (χ3n) is 3.06. The lowest BCUT2D eigenvalue weighted by Gasteiger charge is -2.09. The number of pyridine rings is 2. The minimum absolute atomic E-state index is 0.0143. The van der Waals surface area contributed by atoms with E-state index in [9.17, 15) is 8.42 Å². The fourth-order valence-electron chi connectivity index (χ4n) is 1.96. The van der Waals surface area contributed by atoms with Gasteiger partial charge in [-0.15, -0.1) is 0 Å². The molecule has 0 fully saturated rings. The van der Waals surface area contributed by atoms with Crippen LogP contribution in [0, 0.1) is 6.92 Å². The first-order valence-corrected chi connectivity index (χ1v) is 8.41. The molecule has 3 aromatic heterocycles. The molecule has 0 atom stereocenters. The number of aromatic nitrogens is 4. The van der Waals surface area contributed by atoms with Crippen molar-refractivity contribution < 1.29 is 8.42 Å². The maximum Gasteiger partial charge on any atom is 0.263 e. The van der Waals surface area contributed by atoms with Crippen molar-refractivity contribution in [3.05, 3.63) is 60.0 Å². The molecule has 0 unspecified atom stereocenters. The molecule has 9 heteroatoms. The lowest BCUT2D eigenvalue weighted by molar-refractivity contribution is 0.601. The summed E-state index contributed by atoms with van der Waals surface area (Å²) in [6.45, 7) is 1.85. The van der Waals surface area contributed by atoms with Crippen LogP contribution in [0.5, 0.6) is 0 Å². The molecule has 3 aromatic rings. The second-order valence-corrected chi connectivity index (χ2v) is 6.81. The summed E-state index contributed by atoms with van der Waals surface area (Å²) >= 11 is 5.77. The number of hydrogen-bond donors (Lipinski definition) is 1. The van der Waals surface area contributed by atoms with E-state index >= 15 is 0 Å². The van der Waals surface area contributed by atoms with Crippen molar-refractivity contribution in [1.29, 1.82) is 0 Å². The third-order valence-corrected chi connectivity index (χ3v) is 4.62. The van der Waals surface area contributed by atoms with Crippen LogP contribution in [0.2, 0.25) is 5.02 Å². The van der Waals surface area contributed by atoms with Crippen molar-refractivity contribution in [2.75, 3.05) is 4.72 Å². The van der Waals surface area contributed by atoms with Crippen LogP contribution >= 0.6 is 11.6 Å². The van der Waals surface area contributed by atoms with Gasteiger partial charge in [0, 0.05) is 24.8 Å². The molecular weight excluding hydrogens is 338 g/mol. The van der Waals surface area contributed by atoms with Crippen LogP contribution in [-0.4, -0.2) is 27.9 Å². The first-order chi connectivity index (χ1) is 11.0. The molecule has 7 nitrogen and oxygen atoms in total. The summed E-state index contributed by atoms with van der Waals surface area (Å²) in [5, 5.41) is 0.247. The molecule has 3 rings (SSSR count). The minimum Gasteiger partial charge on any atom is -0.288 e. The Hall–Kier alpha value is -2.45.